The molecule has 0 amide bonds. The fraction of sp³-hybridized carbons (Fsp3) is 0.200. The molecule has 0 aromatic carbocycles. The zero-order valence-corrected chi connectivity index (χ0v) is 4.84. The number of aromatic amines is 1. The van der Waals surface area contributed by atoms with Crippen molar-refractivity contribution >= 4 is 6.29 Å². The topological polar surface area (TPSA) is 45.8 Å². The standard InChI is InChI=1S/C5H4F2N2O/c6-4(7)5-8-1-3(2-10)9-5/h1-2,4H,(H,8,9). The van der Waals surface area contributed by atoms with Gasteiger partial charge < -0.3 is 4.98 Å². The van der Waals surface area contributed by atoms with E-state index >= 15 is 0 Å². The van der Waals surface area contributed by atoms with Gasteiger partial charge in [0.25, 0.3) is 6.43 Å². The first-order valence-electron chi connectivity index (χ1n) is 2.52. The number of carbonyl (C=O) groups excluding carboxylic acids is 1. The Morgan fingerprint density at radius 2 is 2.40 bits per heavy atom. The highest BCUT2D eigenvalue weighted by molar-refractivity contribution is 5.71. The highest BCUT2D eigenvalue weighted by Crippen LogP contribution is 2.13. The fourth-order valence-electron chi connectivity index (χ4n) is 0.522. The van der Waals surface area contributed by atoms with E-state index in [-0.39, 0.29) is 5.69 Å². The Morgan fingerprint density at radius 3 is 2.70 bits per heavy atom. The number of H-pyrrole nitrogens is 1. The van der Waals surface area contributed by atoms with Crippen LogP contribution in [0.4, 0.5) is 8.78 Å². The molecule has 0 atom stereocenters. The maximum atomic E-state index is 11.7. The van der Waals surface area contributed by atoms with Crippen LogP contribution in [-0.4, -0.2) is 16.3 Å². The second-order valence-corrected chi connectivity index (χ2v) is 1.64. The first-order valence-corrected chi connectivity index (χ1v) is 2.52. The lowest BCUT2D eigenvalue weighted by Crippen LogP contribution is -1.86. The molecule has 54 valence electrons. The Balaban J connectivity index is 2.88. The van der Waals surface area contributed by atoms with E-state index in [1.54, 1.807) is 0 Å². The zero-order chi connectivity index (χ0) is 7.56. The van der Waals surface area contributed by atoms with Gasteiger partial charge in [0.05, 0.1) is 11.9 Å². The number of nitrogens with one attached hydrogen (secondary N) is 1. The van der Waals surface area contributed by atoms with Crippen LogP contribution in [-0.2, 0) is 0 Å². The first kappa shape index (κ1) is 6.85. The number of aromatic nitrogens is 2. The van der Waals surface area contributed by atoms with Gasteiger partial charge in [-0.15, -0.1) is 0 Å². The number of rotatable bonds is 2. The molecule has 0 aliphatic carbocycles. The summed E-state index contributed by atoms with van der Waals surface area (Å²) in [5.41, 5.74) is 0.0651. The van der Waals surface area contributed by atoms with Gasteiger partial charge in [0.15, 0.2) is 12.1 Å². The van der Waals surface area contributed by atoms with Gasteiger partial charge in [-0.3, -0.25) is 4.79 Å². The van der Waals surface area contributed by atoms with E-state index in [9.17, 15) is 13.6 Å². The van der Waals surface area contributed by atoms with Crippen LogP contribution in [0.3, 0.4) is 0 Å². The average molecular weight is 146 g/mol. The molecular formula is C5H4F2N2O. The van der Waals surface area contributed by atoms with Gasteiger partial charge in [-0.2, -0.15) is 0 Å². The third-order valence-electron chi connectivity index (χ3n) is 0.949. The van der Waals surface area contributed by atoms with Crippen LogP contribution in [0.1, 0.15) is 22.7 Å². The smallest absolute Gasteiger partial charge is 0.295 e. The SMILES string of the molecule is O=Cc1cnc(C(F)F)[nH]1. The lowest BCUT2D eigenvalue weighted by Gasteiger charge is -1.88. The molecule has 1 heterocycles. The van der Waals surface area contributed by atoms with Crippen molar-refractivity contribution in [2.75, 3.05) is 0 Å². The Hall–Kier alpha value is -1.26. The third kappa shape index (κ3) is 1.18. The van der Waals surface area contributed by atoms with Crippen LogP contribution in [0.15, 0.2) is 6.20 Å². The van der Waals surface area contributed by atoms with Crippen molar-refractivity contribution in [3.63, 3.8) is 0 Å². The third-order valence-corrected chi connectivity index (χ3v) is 0.949. The Bertz CT molecular complexity index is 233. The van der Waals surface area contributed by atoms with E-state index in [0.717, 1.165) is 6.20 Å². The van der Waals surface area contributed by atoms with Gasteiger partial charge in [-0.05, 0) is 0 Å². The molecule has 10 heavy (non-hydrogen) atoms. The second kappa shape index (κ2) is 2.55. The number of halogens is 2. The minimum Gasteiger partial charge on any atom is -0.335 e. The maximum absolute atomic E-state index is 11.7. The van der Waals surface area contributed by atoms with Crippen molar-refractivity contribution < 1.29 is 13.6 Å². The molecule has 1 aromatic rings. The summed E-state index contributed by atoms with van der Waals surface area (Å²) in [4.78, 5) is 15.3. The van der Waals surface area contributed by atoms with Crippen molar-refractivity contribution in [1.82, 2.24) is 9.97 Å². The number of carbonyl (C=O) groups is 1. The highest BCUT2D eigenvalue weighted by Gasteiger charge is 2.09. The minimum absolute atomic E-state index is 0.0651. The van der Waals surface area contributed by atoms with Crippen LogP contribution < -0.4 is 0 Å². The maximum Gasteiger partial charge on any atom is 0.295 e. The normalized spacial score (nSPS) is 10.3. The van der Waals surface area contributed by atoms with Crippen molar-refractivity contribution in [3.05, 3.63) is 17.7 Å². The number of aldehydes is 1. The molecular weight excluding hydrogens is 142 g/mol. The van der Waals surface area contributed by atoms with E-state index in [1.807, 2.05) is 0 Å². The molecule has 3 nitrogen and oxygen atoms in total. The average Bonchev–Trinajstić information content (AvgIpc) is 2.34. The summed E-state index contributed by atoms with van der Waals surface area (Å²) >= 11 is 0. The molecule has 1 aromatic heterocycles. The van der Waals surface area contributed by atoms with Crippen LogP contribution in [0.5, 0.6) is 0 Å². The van der Waals surface area contributed by atoms with E-state index < -0.39 is 12.2 Å². The molecule has 0 bridgehead atoms. The van der Waals surface area contributed by atoms with Gasteiger partial charge >= 0.3 is 0 Å². The van der Waals surface area contributed by atoms with Gasteiger partial charge in [-0.25, -0.2) is 13.8 Å². The van der Waals surface area contributed by atoms with Crippen LogP contribution in [0.25, 0.3) is 0 Å². The van der Waals surface area contributed by atoms with Gasteiger partial charge in [-0.1, -0.05) is 0 Å². The lowest BCUT2D eigenvalue weighted by molar-refractivity contribution is 0.111. The largest absolute Gasteiger partial charge is 0.335 e. The quantitative estimate of drug-likeness (QED) is 0.636. The van der Waals surface area contributed by atoms with Crippen molar-refractivity contribution in [3.8, 4) is 0 Å². The van der Waals surface area contributed by atoms with Crippen LogP contribution in [0.2, 0.25) is 0 Å². The summed E-state index contributed by atoms with van der Waals surface area (Å²) in [5.74, 6) is -0.470. The molecule has 0 saturated carbocycles. The fourth-order valence-corrected chi connectivity index (χ4v) is 0.522. The summed E-state index contributed by atoms with van der Waals surface area (Å²) in [6, 6.07) is 0. The molecule has 1 N–H and O–H groups in total. The van der Waals surface area contributed by atoms with Gasteiger partial charge in [0.2, 0.25) is 0 Å². The van der Waals surface area contributed by atoms with Crippen molar-refractivity contribution in [2.45, 2.75) is 6.43 Å². The number of alkyl halides is 2. The lowest BCUT2D eigenvalue weighted by atomic mass is 10.5. The molecule has 0 saturated heterocycles. The van der Waals surface area contributed by atoms with Crippen molar-refractivity contribution in [1.29, 1.82) is 0 Å². The molecule has 0 aliphatic heterocycles. The molecule has 1 rings (SSSR count). The first-order chi connectivity index (χ1) is 4.74. The molecule has 0 radical (unpaired) electrons. The Labute approximate surface area is 55.1 Å². The van der Waals surface area contributed by atoms with E-state index in [2.05, 4.69) is 9.97 Å². The molecule has 0 aliphatic rings. The predicted octanol–water partition coefficient (Wildman–Crippen LogP) is 1.16. The summed E-state index contributed by atoms with van der Waals surface area (Å²) in [6.07, 6.45) is -1.15. The number of nitrogens with zero attached hydrogens (tertiary/aromatic N) is 1. The van der Waals surface area contributed by atoms with Gasteiger partial charge in [0.1, 0.15) is 0 Å². The summed E-state index contributed by atoms with van der Waals surface area (Å²) in [7, 11) is 0. The van der Waals surface area contributed by atoms with E-state index in [0.29, 0.717) is 6.29 Å². The summed E-state index contributed by atoms with van der Waals surface area (Å²) < 4.78 is 23.4. The van der Waals surface area contributed by atoms with Gasteiger partial charge in [0, 0.05) is 0 Å². The summed E-state index contributed by atoms with van der Waals surface area (Å²) in [5, 5.41) is 0. The summed E-state index contributed by atoms with van der Waals surface area (Å²) in [6.45, 7) is 0. The predicted molar refractivity (Wildman–Crippen MR) is 28.9 cm³/mol. The zero-order valence-electron chi connectivity index (χ0n) is 4.84. The van der Waals surface area contributed by atoms with Crippen molar-refractivity contribution in [2.24, 2.45) is 0 Å². The molecule has 0 unspecified atom stereocenters. The van der Waals surface area contributed by atoms with E-state index in [4.69, 9.17) is 0 Å². The van der Waals surface area contributed by atoms with Crippen LogP contribution in [0, 0.1) is 0 Å². The second-order valence-electron chi connectivity index (χ2n) is 1.64. The monoisotopic (exact) mass is 146 g/mol. The minimum atomic E-state index is -2.64. The highest BCUT2D eigenvalue weighted by atomic mass is 19.3. The molecule has 0 fully saturated rings. The molecule has 5 heteroatoms. The van der Waals surface area contributed by atoms with Crippen LogP contribution >= 0.6 is 0 Å². The Kier molecular flexibility index (Phi) is 1.75. The Morgan fingerprint density at radius 1 is 1.70 bits per heavy atom. The molecule has 0 spiro atoms. The van der Waals surface area contributed by atoms with E-state index in [1.165, 1.54) is 0 Å². The number of hydrogen-bond donors (Lipinski definition) is 1. The number of imidazole rings is 1. The number of hydrogen-bond acceptors (Lipinski definition) is 2.